The first-order valence-electron chi connectivity index (χ1n) is 6.10. The molecule has 0 heterocycles. The molecule has 0 aliphatic rings. The third-order valence-corrected chi connectivity index (χ3v) is 4.52. The number of carbonyl (C=O) groups is 1. The molecule has 1 N–H and O–H groups in total. The fourth-order valence-corrected chi connectivity index (χ4v) is 3.00. The van der Waals surface area contributed by atoms with Crippen LogP contribution in [0.3, 0.4) is 0 Å². The number of carbonyl (C=O) groups excluding carboxylic acids is 1. The molecule has 0 unspecified atom stereocenters. The van der Waals surface area contributed by atoms with Crippen molar-refractivity contribution in [3.63, 3.8) is 0 Å². The highest BCUT2D eigenvalue weighted by Crippen LogP contribution is 2.24. The van der Waals surface area contributed by atoms with Crippen molar-refractivity contribution in [3.8, 4) is 0 Å². The Morgan fingerprint density at radius 2 is 1.87 bits per heavy atom. The zero-order chi connectivity index (χ0) is 17.2. The molecule has 23 heavy (non-hydrogen) atoms. The summed E-state index contributed by atoms with van der Waals surface area (Å²) in [6.07, 6.45) is 0. The average molecular weight is 362 g/mol. The molecule has 2 aromatic rings. The van der Waals surface area contributed by atoms with Crippen LogP contribution in [0, 0.1) is 11.6 Å². The zero-order valence-corrected chi connectivity index (χ0v) is 13.2. The summed E-state index contributed by atoms with van der Waals surface area (Å²) in [6, 6.07) is 5.72. The van der Waals surface area contributed by atoms with Gasteiger partial charge in [-0.05, 0) is 30.3 Å². The number of esters is 1. The average Bonchev–Trinajstić information content (AvgIpc) is 2.49. The van der Waals surface area contributed by atoms with Crippen LogP contribution in [0.5, 0.6) is 0 Å². The number of hydrogen-bond acceptors (Lipinski definition) is 4. The minimum atomic E-state index is -4.21. The predicted octanol–water partition coefficient (Wildman–Crippen LogP) is 3.21. The number of hydrogen-bond donors (Lipinski definition) is 1. The number of anilines is 1. The van der Waals surface area contributed by atoms with E-state index in [9.17, 15) is 22.0 Å². The van der Waals surface area contributed by atoms with E-state index in [1.54, 1.807) is 0 Å². The molecular formula is C14H10ClF2NO4S. The molecule has 0 saturated carbocycles. The fourth-order valence-electron chi connectivity index (χ4n) is 1.71. The van der Waals surface area contributed by atoms with Gasteiger partial charge in [-0.1, -0.05) is 11.6 Å². The first-order valence-corrected chi connectivity index (χ1v) is 7.96. The van der Waals surface area contributed by atoms with Crippen LogP contribution in [-0.2, 0) is 14.8 Å². The van der Waals surface area contributed by atoms with Crippen molar-refractivity contribution in [3.05, 3.63) is 58.6 Å². The summed E-state index contributed by atoms with van der Waals surface area (Å²) in [6.45, 7) is 0. The monoisotopic (exact) mass is 361 g/mol. The lowest BCUT2D eigenvalue weighted by atomic mass is 10.2. The smallest absolute Gasteiger partial charge is 0.339 e. The van der Waals surface area contributed by atoms with Crippen molar-refractivity contribution in [2.45, 2.75) is 4.90 Å². The summed E-state index contributed by atoms with van der Waals surface area (Å²) in [5.74, 6) is -2.74. The molecule has 0 spiro atoms. The van der Waals surface area contributed by atoms with E-state index in [1.807, 2.05) is 4.72 Å². The molecule has 0 aliphatic carbocycles. The van der Waals surface area contributed by atoms with Gasteiger partial charge in [0.2, 0.25) is 0 Å². The van der Waals surface area contributed by atoms with Crippen molar-refractivity contribution < 1.29 is 26.7 Å². The number of nitrogens with one attached hydrogen (secondary N) is 1. The molecule has 0 fully saturated rings. The second-order valence-electron chi connectivity index (χ2n) is 4.36. The first kappa shape index (κ1) is 17.2. The number of methoxy groups -OCH3 is 1. The Kier molecular flexibility index (Phi) is 4.86. The third kappa shape index (κ3) is 3.77. The molecule has 0 saturated heterocycles. The third-order valence-electron chi connectivity index (χ3n) is 2.83. The summed E-state index contributed by atoms with van der Waals surface area (Å²) in [5, 5.41) is 0.00348. The van der Waals surface area contributed by atoms with Crippen LogP contribution < -0.4 is 4.72 Å². The maximum absolute atomic E-state index is 13.6. The van der Waals surface area contributed by atoms with Gasteiger partial charge in [0.15, 0.2) is 0 Å². The van der Waals surface area contributed by atoms with Gasteiger partial charge in [0, 0.05) is 6.07 Å². The molecule has 2 aromatic carbocycles. The Morgan fingerprint density at radius 3 is 2.48 bits per heavy atom. The topological polar surface area (TPSA) is 72.5 Å². The Balaban J connectivity index is 2.42. The summed E-state index contributed by atoms with van der Waals surface area (Å²) < 4.78 is 57.4. The molecule has 9 heteroatoms. The van der Waals surface area contributed by atoms with Crippen molar-refractivity contribution >= 4 is 33.3 Å². The van der Waals surface area contributed by atoms with Crippen LogP contribution in [0.2, 0.25) is 5.02 Å². The van der Waals surface area contributed by atoms with E-state index in [4.69, 9.17) is 11.6 Å². The van der Waals surface area contributed by atoms with Gasteiger partial charge in [0.25, 0.3) is 10.0 Å². The molecule has 2 rings (SSSR count). The molecule has 0 aromatic heterocycles. The second-order valence-corrected chi connectivity index (χ2v) is 6.45. The summed E-state index contributed by atoms with van der Waals surface area (Å²) >= 11 is 5.81. The van der Waals surface area contributed by atoms with Gasteiger partial charge in [-0.2, -0.15) is 0 Å². The van der Waals surface area contributed by atoms with E-state index in [0.29, 0.717) is 6.07 Å². The highest BCUT2D eigenvalue weighted by molar-refractivity contribution is 7.92. The minimum absolute atomic E-state index is 0.00348. The van der Waals surface area contributed by atoms with Gasteiger partial charge in [-0.3, -0.25) is 4.72 Å². The Morgan fingerprint density at radius 1 is 1.17 bits per heavy atom. The quantitative estimate of drug-likeness (QED) is 0.849. The van der Waals surface area contributed by atoms with E-state index in [0.717, 1.165) is 31.4 Å². The molecule has 122 valence electrons. The predicted molar refractivity (Wildman–Crippen MR) is 80.0 cm³/mol. The van der Waals surface area contributed by atoms with Gasteiger partial charge in [0.1, 0.15) is 11.6 Å². The van der Waals surface area contributed by atoms with Crippen LogP contribution in [-0.4, -0.2) is 21.5 Å². The summed E-state index contributed by atoms with van der Waals surface area (Å²) in [4.78, 5) is 11.2. The van der Waals surface area contributed by atoms with Gasteiger partial charge >= 0.3 is 5.97 Å². The standard InChI is InChI=1S/C14H10ClF2NO4S/c1-22-14(19)10-7-9(3-4-11(10)15)23(20,21)18-13-5-2-8(16)6-12(13)17/h2-7,18H,1H3. The second kappa shape index (κ2) is 6.51. The molecule has 0 radical (unpaired) electrons. The number of ether oxygens (including phenoxy) is 1. The molecule has 0 atom stereocenters. The van der Waals surface area contributed by atoms with Gasteiger partial charge in [-0.15, -0.1) is 0 Å². The van der Waals surface area contributed by atoms with Crippen LogP contribution in [0.4, 0.5) is 14.5 Å². The Bertz CT molecular complexity index is 871. The lowest BCUT2D eigenvalue weighted by Crippen LogP contribution is -2.15. The highest BCUT2D eigenvalue weighted by atomic mass is 35.5. The maximum atomic E-state index is 13.6. The Labute approximate surface area is 135 Å². The van der Waals surface area contributed by atoms with E-state index >= 15 is 0 Å². The molecule has 0 bridgehead atoms. The summed E-state index contributed by atoms with van der Waals surface area (Å²) in [7, 11) is -3.09. The highest BCUT2D eigenvalue weighted by Gasteiger charge is 2.20. The normalized spacial score (nSPS) is 11.1. The number of benzene rings is 2. The molecule has 0 aliphatic heterocycles. The van der Waals surface area contributed by atoms with E-state index < -0.39 is 33.3 Å². The fraction of sp³-hybridized carbons (Fsp3) is 0.0714. The molecular weight excluding hydrogens is 352 g/mol. The van der Waals surface area contributed by atoms with Crippen molar-refractivity contribution in [1.82, 2.24) is 0 Å². The molecule has 5 nitrogen and oxygen atoms in total. The largest absolute Gasteiger partial charge is 0.465 e. The number of halogens is 3. The van der Waals surface area contributed by atoms with E-state index in [1.165, 1.54) is 6.07 Å². The van der Waals surface area contributed by atoms with Crippen molar-refractivity contribution in [1.29, 1.82) is 0 Å². The van der Waals surface area contributed by atoms with Gasteiger partial charge < -0.3 is 4.74 Å². The Hall–Kier alpha value is -2.19. The van der Waals surface area contributed by atoms with Gasteiger partial charge in [-0.25, -0.2) is 22.0 Å². The summed E-state index contributed by atoms with van der Waals surface area (Å²) in [5.41, 5.74) is -0.586. The van der Waals surface area contributed by atoms with Gasteiger partial charge in [0.05, 0.1) is 28.3 Å². The molecule has 0 amide bonds. The van der Waals surface area contributed by atoms with E-state index in [-0.39, 0.29) is 15.5 Å². The van der Waals surface area contributed by atoms with Crippen LogP contribution >= 0.6 is 11.6 Å². The lowest BCUT2D eigenvalue weighted by molar-refractivity contribution is 0.0600. The van der Waals surface area contributed by atoms with Crippen LogP contribution in [0.25, 0.3) is 0 Å². The first-order chi connectivity index (χ1) is 10.7. The zero-order valence-electron chi connectivity index (χ0n) is 11.6. The van der Waals surface area contributed by atoms with E-state index in [2.05, 4.69) is 4.74 Å². The number of sulfonamides is 1. The van der Waals surface area contributed by atoms with Crippen molar-refractivity contribution in [2.24, 2.45) is 0 Å². The number of rotatable bonds is 4. The minimum Gasteiger partial charge on any atom is -0.465 e. The van der Waals surface area contributed by atoms with Crippen LogP contribution in [0.15, 0.2) is 41.3 Å². The SMILES string of the molecule is COC(=O)c1cc(S(=O)(=O)Nc2ccc(F)cc2F)ccc1Cl. The van der Waals surface area contributed by atoms with Crippen molar-refractivity contribution in [2.75, 3.05) is 11.8 Å². The van der Waals surface area contributed by atoms with Crippen LogP contribution in [0.1, 0.15) is 10.4 Å². The lowest BCUT2D eigenvalue weighted by Gasteiger charge is -2.10. The maximum Gasteiger partial charge on any atom is 0.339 e.